The quantitative estimate of drug-likeness (QED) is 0.791. The van der Waals surface area contributed by atoms with Gasteiger partial charge in [-0.05, 0) is 32.4 Å². The number of imidazole rings is 1. The van der Waals surface area contributed by atoms with E-state index in [4.69, 9.17) is 16.3 Å². The maximum atomic E-state index is 5.87. The number of fused-ring (bicyclic) bond motifs is 1. The second kappa shape index (κ2) is 5.47. The zero-order valence-corrected chi connectivity index (χ0v) is 12.7. The molecule has 19 heavy (non-hydrogen) atoms. The Morgan fingerprint density at radius 1 is 1.42 bits per heavy atom. The topological polar surface area (TPSA) is 39.9 Å². The Kier molecular flexibility index (Phi) is 4.11. The molecule has 0 radical (unpaired) electrons. The van der Waals surface area contributed by atoms with E-state index in [2.05, 4.69) is 34.4 Å². The summed E-state index contributed by atoms with van der Waals surface area (Å²) in [6.45, 7) is 6.84. The van der Waals surface area contributed by atoms with Crippen LogP contribution in [-0.4, -0.2) is 33.1 Å². The molecule has 2 rings (SSSR count). The third-order valence-corrected chi connectivity index (χ3v) is 3.40. The van der Waals surface area contributed by atoms with Gasteiger partial charge in [0, 0.05) is 25.6 Å². The predicted molar refractivity (Wildman–Crippen MR) is 77.8 cm³/mol. The van der Waals surface area contributed by atoms with Crippen LogP contribution < -0.4 is 0 Å². The first-order valence-electron chi connectivity index (χ1n) is 6.40. The molecule has 0 N–H and O–H groups in total. The summed E-state index contributed by atoms with van der Waals surface area (Å²) in [5.41, 5.74) is 2.67. The van der Waals surface area contributed by atoms with Gasteiger partial charge in [-0.2, -0.15) is 0 Å². The van der Waals surface area contributed by atoms with Crippen molar-refractivity contribution in [2.24, 2.45) is 0 Å². The molecule has 0 saturated heterocycles. The van der Waals surface area contributed by atoms with Crippen LogP contribution in [0.25, 0.3) is 11.2 Å². The lowest BCUT2D eigenvalue weighted by Crippen LogP contribution is -2.30. The molecule has 4 nitrogen and oxygen atoms in total. The molecule has 104 valence electrons. The first-order chi connectivity index (χ1) is 8.96. The van der Waals surface area contributed by atoms with Crippen molar-refractivity contribution in [3.05, 3.63) is 23.7 Å². The molecule has 0 bridgehead atoms. The first kappa shape index (κ1) is 14.3. The first-order valence-corrected chi connectivity index (χ1v) is 6.93. The van der Waals surface area contributed by atoms with Crippen LogP contribution in [-0.2, 0) is 17.7 Å². The zero-order chi connectivity index (χ0) is 14.0. The lowest BCUT2D eigenvalue weighted by Gasteiger charge is -2.24. The largest absolute Gasteiger partial charge is 0.377 e. The molecule has 5 heteroatoms. The number of halogens is 1. The standard InChI is InChI=1S/C14H20ClN3O/c1-10-7-11-13(16-8-10)18(9-14(2,3)19-4)12(17-11)5-6-15/h7-8H,5-6,9H2,1-4H3. The molecule has 2 aromatic rings. The fourth-order valence-electron chi connectivity index (χ4n) is 2.05. The molecular weight excluding hydrogens is 262 g/mol. The van der Waals surface area contributed by atoms with Gasteiger partial charge in [0.1, 0.15) is 11.3 Å². The van der Waals surface area contributed by atoms with Gasteiger partial charge in [-0.25, -0.2) is 9.97 Å². The Labute approximate surface area is 118 Å². The minimum absolute atomic E-state index is 0.263. The van der Waals surface area contributed by atoms with Gasteiger partial charge in [0.2, 0.25) is 0 Å². The van der Waals surface area contributed by atoms with Crippen molar-refractivity contribution < 1.29 is 4.74 Å². The van der Waals surface area contributed by atoms with Gasteiger partial charge in [0.05, 0.1) is 12.1 Å². The van der Waals surface area contributed by atoms with Crippen LogP contribution in [0.1, 0.15) is 25.2 Å². The molecule has 0 aliphatic carbocycles. The maximum absolute atomic E-state index is 5.87. The molecule has 2 heterocycles. The minimum atomic E-state index is -0.263. The highest BCUT2D eigenvalue weighted by atomic mass is 35.5. The number of pyridine rings is 1. The van der Waals surface area contributed by atoms with Gasteiger partial charge >= 0.3 is 0 Å². The third-order valence-electron chi connectivity index (χ3n) is 3.21. The highest BCUT2D eigenvalue weighted by molar-refractivity contribution is 6.17. The van der Waals surface area contributed by atoms with Gasteiger partial charge < -0.3 is 9.30 Å². The molecular formula is C14H20ClN3O. The molecule has 0 aromatic carbocycles. The summed E-state index contributed by atoms with van der Waals surface area (Å²) in [7, 11) is 1.72. The Hall–Kier alpha value is -1.13. The van der Waals surface area contributed by atoms with Gasteiger partial charge in [0.15, 0.2) is 5.65 Å². The molecule has 0 fully saturated rings. The number of aryl methyl sites for hydroxylation is 2. The number of hydrogen-bond acceptors (Lipinski definition) is 3. The minimum Gasteiger partial charge on any atom is -0.377 e. The lowest BCUT2D eigenvalue weighted by atomic mass is 10.1. The molecule has 0 aliphatic rings. The van der Waals surface area contributed by atoms with Crippen LogP contribution in [0.2, 0.25) is 0 Å². The Morgan fingerprint density at radius 2 is 2.16 bits per heavy atom. The maximum Gasteiger partial charge on any atom is 0.160 e. The van der Waals surface area contributed by atoms with E-state index in [1.165, 1.54) is 0 Å². The fraction of sp³-hybridized carbons (Fsp3) is 0.571. The van der Waals surface area contributed by atoms with Crippen molar-refractivity contribution in [3.8, 4) is 0 Å². The SMILES string of the molecule is COC(C)(C)Cn1c(CCCl)nc2cc(C)cnc21. The number of nitrogens with zero attached hydrogens (tertiary/aromatic N) is 3. The van der Waals surface area contributed by atoms with Crippen LogP contribution in [0.5, 0.6) is 0 Å². The molecule has 0 amide bonds. The summed E-state index contributed by atoms with van der Waals surface area (Å²) >= 11 is 5.87. The summed E-state index contributed by atoms with van der Waals surface area (Å²) < 4.78 is 7.62. The Bertz CT molecular complexity index is 577. The summed E-state index contributed by atoms with van der Waals surface area (Å²) in [5, 5.41) is 0. The highest BCUT2D eigenvalue weighted by Gasteiger charge is 2.21. The van der Waals surface area contributed by atoms with Crippen LogP contribution in [0.4, 0.5) is 0 Å². The van der Waals surface area contributed by atoms with Crippen molar-refractivity contribution in [2.75, 3.05) is 13.0 Å². The van der Waals surface area contributed by atoms with E-state index in [9.17, 15) is 0 Å². The summed E-state index contributed by atoms with van der Waals surface area (Å²) in [6, 6.07) is 2.05. The number of methoxy groups -OCH3 is 1. The van der Waals surface area contributed by atoms with Crippen LogP contribution >= 0.6 is 11.6 Å². The zero-order valence-electron chi connectivity index (χ0n) is 11.9. The number of alkyl halides is 1. The van der Waals surface area contributed by atoms with Crippen molar-refractivity contribution in [1.82, 2.24) is 14.5 Å². The highest BCUT2D eigenvalue weighted by Crippen LogP contribution is 2.20. The molecule has 0 unspecified atom stereocenters. The molecule has 0 saturated carbocycles. The monoisotopic (exact) mass is 281 g/mol. The molecule has 0 atom stereocenters. The van der Waals surface area contributed by atoms with E-state index in [1.54, 1.807) is 7.11 Å². The van der Waals surface area contributed by atoms with Gasteiger partial charge in [0.25, 0.3) is 0 Å². The fourth-order valence-corrected chi connectivity index (χ4v) is 2.21. The second-order valence-electron chi connectivity index (χ2n) is 5.37. The van der Waals surface area contributed by atoms with E-state index in [-0.39, 0.29) is 5.60 Å². The van der Waals surface area contributed by atoms with Crippen molar-refractivity contribution in [2.45, 2.75) is 39.3 Å². The number of rotatable bonds is 5. The second-order valence-corrected chi connectivity index (χ2v) is 5.75. The van der Waals surface area contributed by atoms with Gasteiger partial charge in [-0.15, -0.1) is 11.6 Å². The van der Waals surface area contributed by atoms with Crippen molar-refractivity contribution in [1.29, 1.82) is 0 Å². The summed E-state index contributed by atoms with van der Waals surface area (Å²) in [5.74, 6) is 1.52. The summed E-state index contributed by atoms with van der Waals surface area (Å²) in [4.78, 5) is 9.15. The average Bonchev–Trinajstić information content (AvgIpc) is 2.67. The van der Waals surface area contributed by atoms with Gasteiger partial charge in [-0.3, -0.25) is 0 Å². The van der Waals surface area contributed by atoms with E-state index in [1.807, 2.05) is 13.1 Å². The summed E-state index contributed by atoms with van der Waals surface area (Å²) in [6.07, 6.45) is 2.60. The predicted octanol–water partition coefficient (Wildman–Crippen LogP) is 2.95. The molecule has 0 spiro atoms. The van der Waals surface area contributed by atoms with Crippen LogP contribution in [0, 0.1) is 6.92 Å². The van der Waals surface area contributed by atoms with E-state index in [0.717, 1.165) is 29.0 Å². The van der Waals surface area contributed by atoms with E-state index >= 15 is 0 Å². The van der Waals surface area contributed by atoms with Gasteiger partial charge in [-0.1, -0.05) is 0 Å². The number of aromatic nitrogens is 3. The van der Waals surface area contributed by atoms with E-state index in [0.29, 0.717) is 12.4 Å². The van der Waals surface area contributed by atoms with Crippen molar-refractivity contribution in [3.63, 3.8) is 0 Å². The van der Waals surface area contributed by atoms with Crippen LogP contribution in [0.15, 0.2) is 12.3 Å². The average molecular weight is 282 g/mol. The Morgan fingerprint density at radius 3 is 2.79 bits per heavy atom. The third kappa shape index (κ3) is 3.07. The number of hydrogen-bond donors (Lipinski definition) is 0. The van der Waals surface area contributed by atoms with E-state index < -0.39 is 0 Å². The Balaban J connectivity index is 2.52. The normalized spacial score (nSPS) is 12.3. The number of ether oxygens (including phenoxy) is 1. The molecule has 0 aliphatic heterocycles. The van der Waals surface area contributed by atoms with Crippen LogP contribution in [0.3, 0.4) is 0 Å². The lowest BCUT2D eigenvalue weighted by molar-refractivity contribution is 0.00835. The smallest absolute Gasteiger partial charge is 0.160 e. The molecule has 2 aromatic heterocycles. The van der Waals surface area contributed by atoms with Crippen molar-refractivity contribution >= 4 is 22.8 Å².